The number of rotatable bonds is 5. The van der Waals surface area contributed by atoms with Gasteiger partial charge in [0.2, 0.25) is 0 Å². The highest BCUT2D eigenvalue weighted by Crippen LogP contribution is 2.48. The molecule has 29 heavy (non-hydrogen) atoms. The van der Waals surface area contributed by atoms with Gasteiger partial charge in [-0.15, -0.1) is 5.11 Å². The molecule has 0 saturated heterocycles. The fourth-order valence-electron chi connectivity index (χ4n) is 3.77. The third-order valence-corrected chi connectivity index (χ3v) is 5.12. The van der Waals surface area contributed by atoms with Gasteiger partial charge in [0, 0.05) is 7.11 Å². The van der Waals surface area contributed by atoms with E-state index in [-0.39, 0.29) is 4.92 Å². The number of nitro groups is 1. The van der Waals surface area contributed by atoms with Crippen molar-refractivity contribution in [1.82, 2.24) is 0 Å². The number of fused-ring (bicyclic) bond motifs is 2. The summed E-state index contributed by atoms with van der Waals surface area (Å²) in [5, 5.41) is 21.1. The van der Waals surface area contributed by atoms with Gasteiger partial charge >= 0.3 is 5.66 Å². The van der Waals surface area contributed by atoms with E-state index in [1.807, 2.05) is 24.3 Å². The molecule has 1 aliphatic carbocycles. The Morgan fingerprint density at radius 3 is 1.93 bits per heavy atom. The van der Waals surface area contributed by atoms with Crippen molar-refractivity contribution in [3.63, 3.8) is 0 Å². The maximum absolute atomic E-state index is 12.5. The molecule has 0 unspecified atom stereocenters. The summed E-state index contributed by atoms with van der Waals surface area (Å²) >= 11 is 0. The Labute approximate surface area is 167 Å². The quantitative estimate of drug-likeness (QED) is 0.349. The minimum absolute atomic E-state index is 0.385. The highest BCUT2D eigenvalue weighted by molar-refractivity contribution is 5.53. The summed E-state index contributed by atoms with van der Waals surface area (Å²) in [5.74, 6) is 0.671. The first-order valence-corrected chi connectivity index (χ1v) is 9.05. The van der Waals surface area contributed by atoms with Gasteiger partial charge < -0.3 is 9.47 Å². The molecule has 4 rings (SSSR count). The summed E-state index contributed by atoms with van der Waals surface area (Å²) in [6, 6.07) is 21.2. The predicted octanol–water partition coefficient (Wildman–Crippen LogP) is 5.01. The Kier molecular flexibility index (Phi) is 4.82. The van der Waals surface area contributed by atoms with Crippen molar-refractivity contribution in [1.29, 1.82) is 0 Å². The summed E-state index contributed by atoms with van der Waals surface area (Å²) in [7, 11) is 3.16. The lowest BCUT2D eigenvalue weighted by Gasteiger charge is -2.33. The van der Waals surface area contributed by atoms with Crippen LogP contribution in [0.4, 0.5) is 5.69 Å². The van der Waals surface area contributed by atoms with Crippen molar-refractivity contribution in [2.24, 2.45) is 10.2 Å². The van der Waals surface area contributed by atoms with E-state index in [4.69, 9.17) is 9.47 Å². The molecule has 0 fully saturated rings. The molecule has 0 saturated carbocycles. The summed E-state index contributed by atoms with van der Waals surface area (Å²) in [6.45, 7) is 0. The lowest BCUT2D eigenvalue weighted by molar-refractivity contribution is -0.566. The standard InChI is InChI=1S/C22H19N3O4/c1-28-16-13-11-15(12-14-16)23-24-22(25(26)27)19-9-5-3-7-17(19)21(29-2)18-8-4-6-10-20(18)22/h3-14,21H,1-2H3. The predicted molar refractivity (Wildman–Crippen MR) is 107 cm³/mol. The molecule has 0 spiro atoms. The Morgan fingerprint density at radius 2 is 1.45 bits per heavy atom. The zero-order valence-corrected chi connectivity index (χ0v) is 16.0. The molecule has 0 aromatic heterocycles. The maximum Gasteiger partial charge on any atom is 0.382 e. The van der Waals surface area contributed by atoms with Crippen molar-refractivity contribution in [3.8, 4) is 5.75 Å². The van der Waals surface area contributed by atoms with Crippen LogP contribution in [0.5, 0.6) is 5.75 Å². The lowest BCUT2D eigenvalue weighted by Crippen LogP contribution is -2.40. The van der Waals surface area contributed by atoms with Gasteiger partial charge in [-0.05, 0) is 47.5 Å². The van der Waals surface area contributed by atoms with Crippen LogP contribution in [-0.2, 0) is 10.4 Å². The molecule has 1 aliphatic rings. The van der Waals surface area contributed by atoms with E-state index in [1.165, 1.54) is 0 Å². The van der Waals surface area contributed by atoms with Crippen LogP contribution in [0.2, 0.25) is 0 Å². The number of hydrogen-bond acceptors (Lipinski definition) is 6. The molecular weight excluding hydrogens is 370 g/mol. The van der Waals surface area contributed by atoms with Gasteiger partial charge in [0.1, 0.15) is 11.9 Å². The van der Waals surface area contributed by atoms with Gasteiger partial charge in [-0.1, -0.05) is 41.5 Å². The van der Waals surface area contributed by atoms with Crippen LogP contribution >= 0.6 is 0 Å². The molecule has 0 radical (unpaired) electrons. The number of nitrogens with zero attached hydrogens (tertiary/aromatic N) is 3. The van der Waals surface area contributed by atoms with Crippen LogP contribution in [0.15, 0.2) is 83.0 Å². The third kappa shape index (κ3) is 2.96. The van der Waals surface area contributed by atoms with E-state index in [1.54, 1.807) is 62.8 Å². The first-order valence-electron chi connectivity index (χ1n) is 9.05. The van der Waals surface area contributed by atoms with Gasteiger partial charge in [0.25, 0.3) is 0 Å². The average Bonchev–Trinajstić information content (AvgIpc) is 2.77. The van der Waals surface area contributed by atoms with Crippen molar-refractivity contribution in [2.75, 3.05) is 14.2 Å². The van der Waals surface area contributed by atoms with Crippen LogP contribution in [-0.4, -0.2) is 19.1 Å². The number of ether oxygens (including phenoxy) is 2. The summed E-state index contributed by atoms with van der Waals surface area (Å²) < 4.78 is 10.8. The SMILES string of the molecule is COc1ccc(N=NC2([N+](=O)[O-])c3ccccc3C(OC)c3ccccc32)cc1. The van der Waals surface area contributed by atoms with Crippen LogP contribution in [0.3, 0.4) is 0 Å². The van der Waals surface area contributed by atoms with Crippen LogP contribution in [0.25, 0.3) is 0 Å². The van der Waals surface area contributed by atoms with Gasteiger partial charge in [-0.3, -0.25) is 10.1 Å². The zero-order valence-electron chi connectivity index (χ0n) is 16.0. The first-order chi connectivity index (χ1) is 14.1. The first kappa shape index (κ1) is 18.8. The van der Waals surface area contributed by atoms with E-state index in [2.05, 4.69) is 10.2 Å². The lowest BCUT2D eigenvalue weighted by atomic mass is 9.77. The summed E-state index contributed by atoms with van der Waals surface area (Å²) in [5.41, 5.74) is 0.955. The smallest absolute Gasteiger partial charge is 0.382 e. The molecule has 7 heteroatoms. The van der Waals surface area contributed by atoms with Crippen LogP contribution < -0.4 is 4.74 Å². The minimum atomic E-state index is -1.86. The second-order valence-corrected chi connectivity index (χ2v) is 6.62. The molecular formula is C22H19N3O4. The Balaban J connectivity index is 1.94. The van der Waals surface area contributed by atoms with E-state index in [0.717, 1.165) is 0 Å². The molecule has 0 bridgehead atoms. The molecule has 146 valence electrons. The second kappa shape index (κ2) is 7.44. The molecule has 0 atom stereocenters. The minimum Gasteiger partial charge on any atom is -0.497 e. The van der Waals surface area contributed by atoms with E-state index in [0.29, 0.717) is 33.7 Å². The number of methoxy groups -OCH3 is 2. The van der Waals surface area contributed by atoms with Gasteiger partial charge in [-0.25, -0.2) is 0 Å². The second-order valence-electron chi connectivity index (χ2n) is 6.62. The Hall–Kier alpha value is -3.58. The van der Waals surface area contributed by atoms with Gasteiger partial charge in [0.15, 0.2) is 0 Å². The molecule has 0 aliphatic heterocycles. The number of benzene rings is 3. The summed E-state index contributed by atoms with van der Waals surface area (Å²) in [6.07, 6.45) is -0.410. The molecule has 0 amide bonds. The topological polar surface area (TPSA) is 86.3 Å². The summed E-state index contributed by atoms with van der Waals surface area (Å²) in [4.78, 5) is 12.1. The van der Waals surface area contributed by atoms with Crippen molar-refractivity contribution in [3.05, 3.63) is 105 Å². The van der Waals surface area contributed by atoms with E-state index >= 15 is 0 Å². The fraction of sp³-hybridized carbons (Fsp3) is 0.182. The van der Waals surface area contributed by atoms with Gasteiger partial charge in [-0.2, -0.15) is 0 Å². The van der Waals surface area contributed by atoms with Gasteiger partial charge in [0.05, 0.1) is 28.8 Å². The van der Waals surface area contributed by atoms with Crippen LogP contribution in [0, 0.1) is 10.1 Å². The normalized spacial score (nSPS) is 20.1. The monoisotopic (exact) mass is 389 g/mol. The van der Waals surface area contributed by atoms with E-state index < -0.39 is 11.8 Å². The molecule has 7 nitrogen and oxygen atoms in total. The number of azo groups is 1. The molecule has 3 aromatic carbocycles. The zero-order chi connectivity index (χ0) is 20.4. The molecule has 3 aromatic rings. The largest absolute Gasteiger partial charge is 0.497 e. The van der Waals surface area contributed by atoms with Crippen molar-refractivity contribution in [2.45, 2.75) is 11.8 Å². The average molecular weight is 389 g/mol. The highest BCUT2D eigenvalue weighted by Gasteiger charge is 2.55. The van der Waals surface area contributed by atoms with Crippen LogP contribution in [0.1, 0.15) is 28.4 Å². The van der Waals surface area contributed by atoms with Crippen molar-refractivity contribution >= 4 is 5.69 Å². The Morgan fingerprint density at radius 1 is 0.897 bits per heavy atom. The third-order valence-electron chi connectivity index (χ3n) is 5.12. The fourth-order valence-corrected chi connectivity index (χ4v) is 3.77. The highest BCUT2D eigenvalue weighted by atomic mass is 16.6. The molecule has 0 heterocycles. The Bertz CT molecular complexity index is 1030. The maximum atomic E-state index is 12.5. The number of hydrogen-bond donors (Lipinski definition) is 0. The molecule has 0 N–H and O–H groups in total. The van der Waals surface area contributed by atoms with E-state index in [9.17, 15) is 10.1 Å². The van der Waals surface area contributed by atoms with Crippen molar-refractivity contribution < 1.29 is 14.4 Å².